The molecule has 0 N–H and O–H groups in total. The number of benzene rings is 3. The van der Waals surface area contributed by atoms with Crippen molar-refractivity contribution >= 4 is 17.6 Å². The van der Waals surface area contributed by atoms with Crippen LogP contribution >= 0.6 is 0 Å². The van der Waals surface area contributed by atoms with Crippen LogP contribution in [0.15, 0.2) is 91.3 Å². The number of rotatable bonds is 18. The number of carbonyl (C=O) groups excluding carboxylic acids is 2. The second-order valence-electron chi connectivity index (χ2n) is 11.3. The van der Waals surface area contributed by atoms with Gasteiger partial charge in [0.1, 0.15) is 23.9 Å². The van der Waals surface area contributed by atoms with Gasteiger partial charge < -0.3 is 28.6 Å². The summed E-state index contributed by atoms with van der Waals surface area (Å²) in [4.78, 5) is 27.6. The minimum atomic E-state index is -0.543. The first kappa shape index (κ1) is 34.8. The van der Waals surface area contributed by atoms with Crippen LogP contribution in [0.1, 0.15) is 66.2 Å². The molecular weight excluding hydrogens is 596 g/mol. The fourth-order valence-electron chi connectivity index (χ4n) is 4.74. The molecule has 0 aliphatic carbocycles. The van der Waals surface area contributed by atoms with Crippen LogP contribution in [0.5, 0.6) is 28.7 Å². The summed E-state index contributed by atoms with van der Waals surface area (Å²) in [5.74, 6) is 1.30. The van der Waals surface area contributed by atoms with Crippen molar-refractivity contribution < 1.29 is 37.8 Å². The van der Waals surface area contributed by atoms with Gasteiger partial charge in [-0.2, -0.15) is 0 Å². The number of ether oxygens (including phenoxy) is 5. The van der Waals surface area contributed by atoms with Crippen LogP contribution in [0.25, 0.3) is 0 Å². The summed E-state index contributed by atoms with van der Waals surface area (Å²) >= 11 is 0. The average Bonchev–Trinajstić information content (AvgIpc) is 3.09. The Hall–Kier alpha value is -5.05. The van der Waals surface area contributed by atoms with Gasteiger partial charge in [0.2, 0.25) is 0 Å². The van der Waals surface area contributed by atoms with Crippen molar-refractivity contribution in [1.29, 1.82) is 0 Å². The number of hydrogen-bond acceptors (Lipinski definition) is 8. The predicted octanol–water partition coefficient (Wildman–Crippen LogP) is 7.31. The minimum absolute atomic E-state index is 0.311. The van der Waals surface area contributed by atoms with Gasteiger partial charge in [-0.25, -0.2) is 14.2 Å². The lowest BCUT2D eigenvalue weighted by molar-refractivity contribution is -0.697. The van der Waals surface area contributed by atoms with Crippen molar-refractivity contribution in [3.05, 3.63) is 102 Å². The van der Waals surface area contributed by atoms with Crippen LogP contribution in [0, 0.1) is 0 Å². The fourth-order valence-corrected chi connectivity index (χ4v) is 4.74. The third-order valence-electron chi connectivity index (χ3n) is 7.50. The standard InChI is InChI=1S/C38H45N2O7/c1-5-6-7-8-9-10-26-45-35-20-13-30(28-36(35)43-4)38(42)47-34-18-16-33(17-19-34)46-37(41)29-11-14-32(15-12-29)44-27-25-40-23-21-31(22-24-40)39(2)3/h11-24,28H,5-10,25-27H2,1-4H3/q+1. The zero-order valence-corrected chi connectivity index (χ0v) is 27.8. The van der Waals surface area contributed by atoms with E-state index in [4.69, 9.17) is 23.7 Å². The third-order valence-corrected chi connectivity index (χ3v) is 7.50. The highest BCUT2D eigenvalue weighted by molar-refractivity contribution is 5.92. The van der Waals surface area contributed by atoms with Crippen LogP contribution < -0.4 is 33.2 Å². The van der Waals surface area contributed by atoms with Gasteiger partial charge in [-0.05, 0) is 73.2 Å². The van der Waals surface area contributed by atoms with E-state index in [2.05, 4.69) is 6.92 Å². The molecule has 0 bridgehead atoms. The lowest BCUT2D eigenvalue weighted by Crippen LogP contribution is -2.35. The molecule has 1 aromatic heterocycles. The summed E-state index contributed by atoms with van der Waals surface area (Å²) in [5, 5.41) is 0. The highest BCUT2D eigenvalue weighted by Crippen LogP contribution is 2.29. The molecule has 0 saturated carbocycles. The van der Waals surface area contributed by atoms with Gasteiger partial charge in [-0.1, -0.05) is 39.0 Å². The molecule has 4 rings (SSSR count). The van der Waals surface area contributed by atoms with E-state index in [1.54, 1.807) is 66.7 Å². The van der Waals surface area contributed by atoms with E-state index in [0.29, 0.717) is 59.6 Å². The number of unbranched alkanes of at least 4 members (excludes halogenated alkanes) is 5. The first-order valence-electron chi connectivity index (χ1n) is 16.1. The highest BCUT2D eigenvalue weighted by Gasteiger charge is 2.15. The van der Waals surface area contributed by atoms with E-state index in [0.717, 1.165) is 18.5 Å². The van der Waals surface area contributed by atoms with Crippen LogP contribution in [0.4, 0.5) is 5.69 Å². The summed E-state index contributed by atoms with van der Waals surface area (Å²) in [6, 6.07) is 22.1. The molecule has 0 amide bonds. The van der Waals surface area contributed by atoms with Crippen molar-refractivity contribution in [1.82, 2.24) is 0 Å². The van der Waals surface area contributed by atoms with E-state index < -0.39 is 11.9 Å². The largest absolute Gasteiger partial charge is 0.493 e. The van der Waals surface area contributed by atoms with Crippen molar-refractivity contribution in [2.24, 2.45) is 0 Å². The lowest BCUT2D eigenvalue weighted by atomic mass is 10.1. The number of pyridine rings is 1. The molecule has 0 aliphatic rings. The smallest absolute Gasteiger partial charge is 0.343 e. The number of methoxy groups -OCH3 is 1. The Morgan fingerprint density at radius 2 is 1.21 bits per heavy atom. The zero-order chi connectivity index (χ0) is 33.4. The highest BCUT2D eigenvalue weighted by atomic mass is 16.5. The Balaban J connectivity index is 1.22. The van der Waals surface area contributed by atoms with Crippen molar-refractivity contribution in [3.63, 3.8) is 0 Å². The van der Waals surface area contributed by atoms with Gasteiger partial charge in [0, 0.05) is 31.9 Å². The molecule has 0 aliphatic heterocycles. The van der Waals surface area contributed by atoms with E-state index in [1.165, 1.54) is 32.8 Å². The summed E-state index contributed by atoms with van der Waals surface area (Å²) in [7, 11) is 5.55. The number of aromatic nitrogens is 1. The predicted molar refractivity (Wildman–Crippen MR) is 181 cm³/mol. The summed E-state index contributed by atoms with van der Waals surface area (Å²) in [6.07, 6.45) is 11.1. The fraction of sp³-hybridized carbons (Fsp3) is 0.342. The maximum absolute atomic E-state index is 12.8. The molecule has 0 fully saturated rings. The maximum Gasteiger partial charge on any atom is 0.343 e. The van der Waals surface area contributed by atoms with Gasteiger partial charge in [-0.3, -0.25) is 0 Å². The number of nitrogens with zero attached hydrogens (tertiary/aromatic N) is 2. The molecule has 0 unspecified atom stereocenters. The number of hydrogen-bond donors (Lipinski definition) is 0. The van der Waals surface area contributed by atoms with Gasteiger partial charge in [0.05, 0.1) is 24.8 Å². The van der Waals surface area contributed by atoms with Gasteiger partial charge in [0.25, 0.3) is 0 Å². The van der Waals surface area contributed by atoms with Crippen LogP contribution in [0.2, 0.25) is 0 Å². The maximum atomic E-state index is 12.8. The molecule has 0 spiro atoms. The second kappa shape index (κ2) is 18.2. The molecule has 0 atom stereocenters. The Morgan fingerprint density at radius 3 is 1.83 bits per heavy atom. The molecule has 4 aromatic rings. The summed E-state index contributed by atoms with van der Waals surface area (Å²) in [6.45, 7) is 3.98. The molecule has 3 aromatic carbocycles. The SMILES string of the molecule is CCCCCCCCOc1ccc(C(=O)Oc2ccc(OC(=O)c3ccc(OCC[n+]4ccc(N(C)C)cc4)cc3)cc2)cc1OC. The van der Waals surface area contributed by atoms with Crippen LogP contribution in [-0.2, 0) is 6.54 Å². The van der Waals surface area contributed by atoms with Crippen LogP contribution in [0.3, 0.4) is 0 Å². The number of carbonyl (C=O) groups is 2. The molecule has 9 heteroatoms. The quantitative estimate of drug-likeness (QED) is 0.0484. The molecular formula is C38H45N2O7+. The second-order valence-corrected chi connectivity index (χ2v) is 11.3. The zero-order valence-electron chi connectivity index (χ0n) is 27.8. The van der Waals surface area contributed by atoms with E-state index >= 15 is 0 Å². The van der Waals surface area contributed by atoms with E-state index in [9.17, 15) is 9.59 Å². The van der Waals surface area contributed by atoms with Gasteiger partial charge >= 0.3 is 11.9 Å². The number of esters is 2. The summed E-state index contributed by atoms with van der Waals surface area (Å²) in [5.41, 5.74) is 1.84. The Labute approximate surface area is 277 Å². The van der Waals surface area contributed by atoms with Crippen LogP contribution in [-0.4, -0.2) is 46.4 Å². The van der Waals surface area contributed by atoms with Gasteiger partial charge in [0.15, 0.2) is 30.4 Å². The van der Waals surface area contributed by atoms with Crippen molar-refractivity contribution in [3.8, 4) is 28.7 Å². The Bertz CT molecular complexity index is 1550. The normalized spacial score (nSPS) is 10.6. The van der Waals surface area contributed by atoms with E-state index in [1.807, 2.05) is 48.1 Å². The molecule has 0 saturated heterocycles. The third kappa shape index (κ3) is 11.1. The Kier molecular flexibility index (Phi) is 13.5. The molecule has 0 radical (unpaired) electrons. The summed E-state index contributed by atoms with van der Waals surface area (Å²) < 4.78 is 30.2. The minimum Gasteiger partial charge on any atom is -0.493 e. The van der Waals surface area contributed by atoms with Gasteiger partial charge in [-0.15, -0.1) is 0 Å². The Morgan fingerprint density at radius 1 is 0.638 bits per heavy atom. The van der Waals surface area contributed by atoms with Crippen molar-refractivity contribution in [2.75, 3.05) is 39.3 Å². The molecule has 9 nitrogen and oxygen atoms in total. The molecule has 248 valence electrons. The first-order valence-corrected chi connectivity index (χ1v) is 16.1. The average molecular weight is 642 g/mol. The lowest BCUT2D eigenvalue weighted by Gasteiger charge is -2.12. The topological polar surface area (TPSA) is 87.4 Å². The first-order chi connectivity index (χ1) is 22.9. The monoisotopic (exact) mass is 641 g/mol. The molecule has 1 heterocycles. The van der Waals surface area contributed by atoms with Crippen molar-refractivity contribution in [2.45, 2.75) is 52.0 Å². The molecule has 47 heavy (non-hydrogen) atoms. The number of anilines is 1. The van der Waals surface area contributed by atoms with E-state index in [-0.39, 0.29) is 0 Å².